The second kappa shape index (κ2) is 12.8. The average Bonchev–Trinajstić information content (AvgIpc) is 3.14. The van der Waals surface area contributed by atoms with Gasteiger partial charge >= 0.3 is 0 Å². The molecule has 0 bridgehead atoms. The Morgan fingerprint density at radius 1 is 1.23 bits per heavy atom. The Labute approximate surface area is 196 Å². The van der Waals surface area contributed by atoms with E-state index in [4.69, 9.17) is 9.26 Å². The highest BCUT2D eigenvalue weighted by molar-refractivity contribution is 14.0. The summed E-state index contributed by atoms with van der Waals surface area (Å²) < 4.78 is 37.1. The quantitative estimate of drug-likeness (QED) is 0.274. The SMILES string of the molecule is CN=C(NCCc1nc(C(C)C)no1)N1CCN(S(=O)(=O)CCOC(C)C)CC1.I. The Balaban J connectivity index is 0.00000450. The molecule has 0 aromatic carbocycles. The van der Waals surface area contributed by atoms with Crippen LogP contribution in [0.3, 0.4) is 0 Å². The summed E-state index contributed by atoms with van der Waals surface area (Å²) in [7, 11) is -1.58. The fourth-order valence-corrected chi connectivity index (χ4v) is 4.20. The van der Waals surface area contributed by atoms with Crippen molar-refractivity contribution in [3.63, 3.8) is 0 Å². The van der Waals surface area contributed by atoms with Gasteiger partial charge in [-0.1, -0.05) is 19.0 Å². The normalized spacial score (nSPS) is 16.2. The molecule has 1 fully saturated rings. The van der Waals surface area contributed by atoms with Crippen LogP contribution in [0.2, 0.25) is 0 Å². The third-order valence-corrected chi connectivity index (χ3v) is 6.39. The number of nitrogens with zero attached hydrogens (tertiary/aromatic N) is 5. The van der Waals surface area contributed by atoms with Crippen molar-refractivity contribution < 1.29 is 17.7 Å². The number of hydrogen-bond acceptors (Lipinski definition) is 7. The third kappa shape index (κ3) is 8.27. The molecule has 2 heterocycles. The lowest BCUT2D eigenvalue weighted by molar-refractivity contribution is 0.0904. The highest BCUT2D eigenvalue weighted by Gasteiger charge is 2.28. The molecule has 174 valence electrons. The van der Waals surface area contributed by atoms with E-state index in [0.29, 0.717) is 50.9 Å². The Hall–Kier alpha value is -0.990. The molecule has 2 rings (SSSR count). The number of nitrogens with one attached hydrogen (secondary N) is 1. The van der Waals surface area contributed by atoms with Crippen molar-refractivity contribution in [1.29, 1.82) is 0 Å². The van der Waals surface area contributed by atoms with Crippen LogP contribution >= 0.6 is 24.0 Å². The van der Waals surface area contributed by atoms with Crippen LogP contribution in [-0.2, 0) is 21.2 Å². The van der Waals surface area contributed by atoms with Crippen LogP contribution in [0.15, 0.2) is 9.52 Å². The highest BCUT2D eigenvalue weighted by Crippen LogP contribution is 2.10. The lowest BCUT2D eigenvalue weighted by atomic mass is 10.2. The number of guanidine groups is 1. The Bertz CT molecular complexity index is 760. The molecule has 1 aromatic rings. The number of rotatable bonds is 9. The predicted octanol–water partition coefficient (Wildman–Crippen LogP) is 1.30. The summed E-state index contributed by atoms with van der Waals surface area (Å²) >= 11 is 0. The number of sulfonamides is 1. The molecule has 1 N–H and O–H groups in total. The molecule has 0 amide bonds. The maximum atomic E-state index is 12.5. The number of aromatic nitrogens is 2. The van der Waals surface area contributed by atoms with Gasteiger partial charge in [0, 0.05) is 52.1 Å². The lowest BCUT2D eigenvalue weighted by Gasteiger charge is -2.35. The van der Waals surface area contributed by atoms with Gasteiger partial charge in [-0.25, -0.2) is 8.42 Å². The molecule has 30 heavy (non-hydrogen) atoms. The maximum Gasteiger partial charge on any atom is 0.228 e. The summed E-state index contributed by atoms with van der Waals surface area (Å²) in [6, 6.07) is 0. The van der Waals surface area contributed by atoms with E-state index in [1.807, 2.05) is 27.7 Å². The summed E-state index contributed by atoms with van der Waals surface area (Å²) in [5, 5.41) is 7.25. The average molecular weight is 558 g/mol. The Morgan fingerprint density at radius 2 is 1.90 bits per heavy atom. The fourth-order valence-electron chi connectivity index (χ4n) is 2.91. The van der Waals surface area contributed by atoms with E-state index in [1.54, 1.807) is 7.05 Å². The smallest absolute Gasteiger partial charge is 0.228 e. The zero-order valence-electron chi connectivity index (χ0n) is 18.5. The number of hydrogen-bond donors (Lipinski definition) is 1. The van der Waals surface area contributed by atoms with E-state index in [0.717, 1.165) is 5.96 Å². The predicted molar refractivity (Wildman–Crippen MR) is 127 cm³/mol. The van der Waals surface area contributed by atoms with Gasteiger partial charge in [-0.15, -0.1) is 24.0 Å². The molecule has 0 spiro atoms. The molecular formula is C18H35IN6O4S. The van der Waals surface area contributed by atoms with Gasteiger partial charge < -0.3 is 19.5 Å². The molecule has 0 saturated carbocycles. The minimum absolute atomic E-state index is 0. The van der Waals surface area contributed by atoms with Gasteiger partial charge in [0.25, 0.3) is 0 Å². The molecule has 0 unspecified atom stereocenters. The van der Waals surface area contributed by atoms with Crippen molar-refractivity contribution in [2.75, 3.05) is 52.1 Å². The van der Waals surface area contributed by atoms with Crippen LogP contribution in [0.25, 0.3) is 0 Å². The molecule has 1 aromatic heterocycles. The van der Waals surface area contributed by atoms with Crippen LogP contribution in [0.5, 0.6) is 0 Å². The maximum absolute atomic E-state index is 12.5. The molecule has 1 saturated heterocycles. The summed E-state index contributed by atoms with van der Waals surface area (Å²) in [6.45, 7) is 10.7. The molecule has 0 radical (unpaired) electrons. The first-order valence-electron chi connectivity index (χ1n) is 10.1. The van der Waals surface area contributed by atoms with Crippen LogP contribution in [0.1, 0.15) is 45.3 Å². The van der Waals surface area contributed by atoms with Crippen LogP contribution in [0, 0.1) is 0 Å². The number of piperazine rings is 1. The first kappa shape index (κ1) is 27.0. The monoisotopic (exact) mass is 558 g/mol. The summed E-state index contributed by atoms with van der Waals surface area (Å²) in [6.07, 6.45) is 0.628. The van der Waals surface area contributed by atoms with Crippen LogP contribution in [-0.4, -0.2) is 92.0 Å². The topological polar surface area (TPSA) is 113 Å². The van der Waals surface area contributed by atoms with Gasteiger partial charge in [-0.05, 0) is 13.8 Å². The number of halogens is 1. The van der Waals surface area contributed by atoms with Gasteiger partial charge in [-0.3, -0.25) is 4.99 Å². The van der Waals surface area contributed by atoms with E-state index in [9.17, 15) is 8.42 Å². The molecular weight excluding hydrogens is 523 g/mol. The van der Waals surface area contributed by atoms with Crippen molar-refractivity contribution in [3.8, 4) is 0 Å². The largest absolute Gasteiger partial charge is 0.378 e. The zero-order chi connectivity index (χ0) is 21.4. The van der Waals surface area contributed by atoms with E-state index in [-0.39, 0.29) is 48.4 Å². The number of ether oxygens (including phenoxy) is 1. The van der Waals surface area contributed by atoms with E-state index >= 15 is 0 Å². The van der Waals surface area contributed by atoms with Gasteiger partial charge in [-0.2, -0.15) is 9.29 Å². The van der Waals surface area contributed by atoms with Gasteiger partial charge in [0.15, 0.2) is 11.8 Å². The molecule has 0 atom stereocenters. The molecule has 1 aliphatic heterocycles. The van der Waals surface area contributed by atoms with Crippen molar-refractivity contribution in [2.24, 2.45) is 4.99 Å². The second-order valence-corrected chi connectivity index (χ2v) is 9.64. The molecule has 1 aliphatic rings. The Kier molecular flexibility index (Phi) is 11.5. The van der Waals surface area contributed by atoms with E-state index < -0.39 is 10.0 Å². The van der Waals surface area contributed by atoms with E-state index in [1.165, 1.54) is 4.31 Å². The van der Waals surface area contributed by atoms with E-state index in [2.05, 4.69) is 25.3 Å². The zero-order valence-corrected chi connectivity index (χ0v) is 21.6. The lowest BCUT2D eigenvalue weighted by Crippen LogP contribution is -2.54. The summed E-state index contributed by atoms with van der Waals surface area (Å²) in [5.74, 6) is 2.30. The molecule has 0 aliphatic carbocycles. The van der Waals surface area contributed by atoms with Gasteiger partial charge in [0.05, 0.1) is 18.5 Å². The standard InChI is InChI=1S/C18H34N6O4S.HI/c1-14(2)17-21-16(28-22-17)6-7-20-18(19-5)23-8-10-24(11-9-23)29(25,26)13-12-27-15(3)4;/h14-15H,6-13H2,1-5H3,(H,19,20);1H. The van der Waals surface area contributed by atoms with Crippen LogP contribution in [0.4, 0.5) is 0 Å². The third-order valence-electron chi connectivity index (χ3n) is 4.56. The minimum atomic E-state index is -3.30. The first-order valence-corrected chi connectivity index (χ1v) is 11.7. The van der Waals surface area contributed by atoms with Crippen molar-refractivity contribution in [2.45, 2.75) is 46.1 Å². The summed E-state index contributed by atoms with van der Waals surface area (Å²) in [4.78, 5) is 10.7. The second-order valence-electron chi connectivity index (χ2n) is 7.55. The van der Waals surface area contributed by atoms with Crippen LogP contribution < -0.4 is 5.32 Å². The van der Waals surface area contributed by atoms with Crippen molar-refractivity contribution >= 4 is 40.0 Å². The molecule has 12 heteroatoms. The van der Waals surface area contributed by atoms with Gasteiger partial charge in [0.2, 0.25) is 15.9 Å². The minimum Gasteiger partial charge on any atom is -0.378 e. The van der Waals surface area contributed by atoms with Crippen molar-refractivity contribution in [3.05, 3.63) is 11.7 Å². The fraction of sp³-hybridized carbons (Fsp3) is 0.833. The van der Waals surface area contributed by atoms with Crippen molar-refractivity contribution in [1.82, 2.24) is 24.7 Å². The molecule has 10 nitrogen and oxygen atoms in total. The Morgan fingerprint density at radius 3 is 2.43 bits per heavy atom. The van der Waals surface area contributed by atoms with Gasteiger partial charge in [0.1, 0.15) is 0 Å². The highest BCUT2D eigenvalue weighted by atomic mass is 127. The number of aliphatic imine (C=N–C) groups is 1. The summed E-state index contributed by atoms with van der Waals surface area (Å²) in [5.41, 5.74) is 0. The first-order chi connectivity index (χ1) is 13.7.